The maximum Gasteiger partial charge on any atom is 0.197 e. The van der Waals surface area contributed by atoms with Crippen LogP contribution in [0.2, 0.25) is 5.15 Å². The molecule has 1 rings (SSSR count). The normalized spacial score (nSPS) is 12.6. The van der Waals surface area contributed by atoms with Crippen molar-refractivity contribution in [3.05, 3.63) is 29.0 Å². The number of Topliss-reactive ketones (excluding diaryl/α,β-unsaturated/α-hetero) is 1. The summed E-state index contributed by atoms with van der Waals surface area (Å²) in [4.78, 5) is 15.1. The number of rotatable bonds is 2. The Labute approximate surface area is 75.6 Å². The third-order valence-electron chi connectivity index (χ3n) is 1.38. The second-order valence-electron chi connectivity index (χ2n) is 2.50. The van der Waals surface area contributed by atoms with Gasteiger partial charge in [0.05, 0.1) is 6.04 Å². The first kappa shape index (κ1) is 9.16. The van der Waals surface area contributed by atoms with E-state index < -0.39 is 6.04 Å². The fourth-order valence-electron chi connectivity index (χ4n) is 0.779. The number of hydrogen-bond donors (Lipinski definition) is 1. The van der Waals surface area contributed by atoms with Crippen molar-refractivity contribution in [1.82, 2.24) is 4.98 Å². The first-order valence-electron chi connectivity index (χ1n) is 3.53. The summed E-state index contributed by atoms with van der Waals surface area (Å²) in [5.41, 5.74) is 5.70. The van der Waals surface area contributed by atoms with Gasteiger partial charge in [0.2, 0.25) is 0 Å². The van der Waals surface area contributed by atoms with Crippen LogP contribution in [0.25, 0.3) is 0 Å². The Kier molecular flexibility index (Phi) is 2.78. The van der Waals surface area contributed by atoms with Crippen molar-refractivity contribution in [3.63, 3.8) is 0 Å². The minimum Gasteiger partial charge on any atom is -0.321 e. The van der Waals surface area contributed by atoms with Crippen LogP contribution < -0.4 is 5.73 Å². The van der Waals surface area contributed by atoms with Gasteiger partial charge in [-0.05, 0) is 19.1 Å². The van der Waals surface area contributed by atoms with Gasteiger partial charge in [0.25, 0.3) is 0 Å². The SMILES string of the molecule is CC(N)C(=O)c1cccc(Cl)n1. The van der Waals surface area contributed by atoms with Crippen molar-refractivity contribution in [3.8, 4) is 0 Å². The lowest BCUT2D eigenvalue weighted by Gasteiger charge is -2.02. The number of pyridine rings is 1. The third kappa shape index (κ3) is 2.03. The fourth-order valence-corrected chi connectivity index (χ4v) is 0.943. The van der Waals surface area contributed by atoms with E-state index in [0.29, 0.717) is 10.8 Å². The average Bonchev–Trinajstić information content (AvgIpc) is 2.03. The molecule has 3 nitrogen and oxygen atoms in total. The third-order valence-corrected chi connectivity index (χ3v) is 1.59. The standard InChI is InChI=1S/C8H9ClN2O/c1-5(10)8(12)6-3-2-4-7(9)11-6/h2-5H,10H2,1H3. The quantitative estimate of drug-likeness (QED) is 0.556. The molecule has 64 valence electrons. The van der Waals surface area contributed by atoms with Gasteiger partial charge in [-0.2, -0.15) is 0 Å². The molecule has 0 saturated heterocycles. The van der Waals surface area contributed by atoms with E-state index in [1.807, 2.05) is 0 Å². The van der Waals surface area contributed by atoms with Crippen LogP contribution in [0.15, 0.2) is 18.2 Å². The van der Waals surface area contributed by atoms with Crippen molar-refractivity contribution < 1.29 is 4.79 Å². The lowest BCUT2D eigenvalue weighted by molar-refractivity contribution is 0.0963. The molecule has 0 amide bonds. The molecule has 1 aromatic rings. The number of ketones is 1. The van der Waals surface area contributed by atoms with Crippen LogP contribution in [0.4, 0.5) is 0 Å². The van der Waals surface area contributed by atoms with Crippen LogP contribution in [0.3, 0.4) is 0 Å². The number of hydrogen-bond acceptors (Lipinski definition) is 3. The molecule has 0 bridgehead atoms. The van der Waals surface area contributed by atoms with Gasteiger partial charge in [-0.3, -0.25) is 4.79 Å². The number of aromatic nitrogens is 1. The van der Waals surface area contributed by atoms with Crippen molar-refractivity contribution in [2.24, 2.45) is 5.73 Å². The maximum atomic E-state index is 11.3. The van der Waals surface area contributed by atoms with E-state index >= 15 is 0 Å². The van der Waals surface area contributed by atoms with E-state index in [9.17, 15) is 4.79 Å². The van der Waals surface area contributed by atoms with Crippen LogP contribution in [0, 0.1) is 0 Å². The zero-order chi connectivity index (χ0) is 9.14. The molecule has 1 aromatic heterocycles. The number of halogens is 1. The van der Waals surface area contributed by atoms with Crippen molar-refractivity contribution >= 4 is 17.4 Å². The molecule has 0 aliphatic rings. The van der Waals surface area contributed by atoms with E-state index in [1.165, 1.54) is 0 Å². The molecule has 4 heteroatoms. The smallest absolute Gasteiger partial charge is 0.197 e. The summed E-state index contributed by atoms with van der Waals surface area (Å²) in [6.45, 7) is 1.62. The van der Waals surface area contributed by atoms with E-state index in [-0.39, 0.29) is 5.78 Å². The Hall–Kier alpha value is -0.930. The van der Waals surface area contributed by atoms with Gasteiger partial charge in [0.1, 0.15) is 10.8 Å². The fraction of sp³-hybridized carbons (Fsp3) is 0.250. The predicted octanol–water partition coefficient (Wildman–Crippen LogP) is 1.26. The Morgan fingerprint density at radius 1 is 1.67 bits per heavy atom. The lowest BCUT2D eigenvalue weighted by atomic mass is 10.1. The highest BCUT2D eigenvalue weighted by atomic mass is 35.5. The van der Waals surface area contributed by atoms with Crippen LogP contribution in [0.5, 0.6) is 0 Å². The van der Waals surface area contributed by atoms with E-state index in [0.717, 1.165) is 0 Å². The Morgan fingerprint density at radius 2 is 2.33 bits per heavy atom. The van der Waals surface area contributed by atoms with Gasteiger partial charge in [-0.15, -0.1) is 0 Å². The van der Waals surface area contributed by atoms with Gasteiger partial charge >= 0.3 is 0 Å². The van der Waals surface area contributed by atoms with Crippen molar-refractivity contribution in [2.75, 3.05) is 0 Å². The molecule has 0 aliphatic carbocycles. The molecule has 1 heterocycles. The molecule has 0 aliphatic heterocycles. The van der Waals surface area contributed by atoms with Gasteiger partial charge in [0, 0.05) is 0 Å². The summed E-state index contributed by atoms with van der Waals surface area (Å²) in [5.74, 6) is -0.197. The zero-order valence-electron chi connectivity index (χ0n) is 6.62. The molecule has 0 saturated carbocycles. The zero-order valence-corrected chi connectivity index (χ0v) is 7.38. The summed E-state index contributed by atoms with van der Waals surface area (Å²) in [6, 6.07) is 4.35. The summed E-state index contributed by atoms with van der Waals surface area (Å²) in [5, 5.41) is 0.307. The molecule has 1 unspecified atom stereocenters. The second kappa shape index (κ2) is 3.65. The largest absolute Gasteiger partial charge is 0.321 e. The molecule has 0 fully saturated rings. The summed E-state index contributed by atoms with van der Waals surface area (Å²) >= 11 is 5.59. The Balaban J connectivity index is 2.96. The molecule has 0 radical (unpaired) electrons. The minimum absolute atomic E-state index is 0.197. The molecular weight excluding hydrogens is 176 g/mol. The van der Waals surface area contributed by atoms with Crippen molar-refractivity contribution in [1.29, 1.82) is 0 Å². The van der Waals surface area contributed by atoms with Gasteiger partial charge in [-0.25, -0.2) is 4.98 Å². The van der Waals surface area contributed by atoms with E-state index in [4.69, 9.17) is 17.3 Å². The highest BCUT2D eigenvalue weighted by Crippen LogP contribution is 2.06. The molecule has 0 spiro atoms. The number of carbonyl (C=O) groups is 1. The maximum absolute atomic E-state index is 11.3. The average molecular weight is 185 g/mol. The molecule has 2 N–H and O–H groups in total. The highest BCUT2D eigenvalue weighted by molar-refractivity contribution is 6.29. The van der Waals surface area contributed by atoms with Crippen LogP contribution in [0.1, 0.15) is 17.4 Å². The number of nitrogens with zero attached hydrogens (tertiary/aromatic N) is 1. The predicted molar refractivity (Wildman–Crippen MR) is 47.2 cm³/mol. The first-order valence-corrected chi connectivity index (χ1v) is 3.91. The monoisotopic (exact) mass is 184 g/mol. The molecule has 1 atom stereocenters. The second-order valence-corrected chi connectivity index (χ2v) is 2.89. The van der Waals surface area contributed by atoms with Crippen LogP contribution >= 0.6 is 11.6 Å². The van der Waals surface area contributed by atoms with Crippen LogP contribution in [-0.2, 0) is 0 Å². The Bertz CT molecular complexity index is 299. The summed E-state index contributed by atoms with van der Waals surface area (Å²) < 4.78 is 0. The van der Waals surface area contributed by atoms with E-state index in [1.54, 1.807) is 25.1 Å². The van der Waals surface area contributed by atoms with Gasteiger partial charge < -0.3 is 5.73 Å². The van der Waals surface area contributed by atoms with Gasteiger partial charge in [0.15, 0.2) is 5.78 Å². The molecule has 12 heavy (non-hydrogen) atoms. The lowest BCUT2D eigenvalue weighted by Crippen LogP contribution is -2.27. The highest BCUT2D eigenvalue weighted by Gasteiger charge is 2.11. The molecule has 0 aromatic carbocycles. The Morgan fingerprint density at radius 3 is 2.83 bits per heavy atom. The molecular formula is C8H9ClN2O. The number of nitrogens with two attached hydrogens (primary N) is 1. The topological polar surface area (TPSA) is 56.0 Å². The first-order chi connectivity index (χ1) is 5.61. The van der Waals surface area contributed by atoms with Gasteiger partial charge in [-0.1, -0.05) is 17.7 Å². The van der Waals surface area contributed by atoms with Crippen molar-refractivity contribution in [2.45, 2.75) is 13.0 Å². The van der Waals surface area contributed by atoms with Crippen LogP contribution in [-0.4, -0.2) is 16.8 Å². The number of carbonyl (C=O) groups excluding carboxylic acids is 1. The summed E-state index contributed by atoms with van der Waals surface area (Å²) in [6.07, 6.45) is 0. The minimum atomic E-state index is -0.532. The summed E-state index contributed by atoms with van der Waals surface area (Å²) in [7, 11) is 0. The van der Waals surface area contributed by atoms with E-state index in [2.05, 4.69) is 4.98 Å².